The van der Waals surface area contributed by atoms with Crippen LogP contribution in [-0.4, -0.2) is 23.7 Å². The Bertz CT molecular complexity index is 391. The molecule has 0 radical (unpaired) electrons. The van der Waals surface area contributed by atoms with E-state index in [0.717, 1.165) is 5.69 Å². The van der Waals surface area contributed by atoms with Crippen LogP contribution in [0.3, 0.4) is 0 Å². The molecule has 1 heterocycles. The molecule has 1 aliphatic rings. The number of aliphatic carboxylic acids is 1. The van der Waals surface area contributed by atoms with E-state index in [1.165, 1.54) is 12.1 Å². The van der Waals surface area contributed by atoms with Crippen LogP contribution in [0.5, 0.6) is 0 Å². The van der Waals surface area contributed by atoms with Crippen molar-refractivity contribution in [3.63, 3.8) is 0 Å². The summed E-state index contributed by atoms with van der Waals surface area (Å²) in [7, 11) is 0. The first-order valence-corrected chi connectivity index (χ1v) is 5.34. The van der Waals surface area contributed by atoms with Crippen molar-refractivity contribution in [1.82, 2.24) is 0 Å². The molecule has 1 fully saturated rings. The van der Waals surface area contributed by atoms with Crippen LogP contribution in [0.1, 0.15) is 13.3 Å². The topological polar surface area (TPSA) is 40.5 Å². The van der Waals surface area contributed by atoms with E-state index in [9.17, 15) is 9.18 Å². The number of hydrogen-bond acceptors (Lipinski definition) is 2. The van der Waals surface area contributed by atoms with Gasteiger partial charge in [0.1, 0.15) is 5.82 Å². The summed E-state index contributed by atoms with van der Waals surface area (Å²) in [4.78, 5) is 13.0. The zero-order valence-corrected chi connectivity index (χ0v) is 9.06. The summed E-state index contributed by atoms with van der Waals surface area (Å²) in [6.45, 7) is 2.61. The quantitative estimate of drug-likeness (QED) is 0.834. The number of halogens is 1. The van der Waals surface area contributed by atoms with Crippen LogP contribution in [-0.2, 0) is 4.79 Å². The lowest BCUT2D eigenvalue weighted by Gasteiger charge is -2.25. The van der Waals surface area contributed by atoms with E-state index in [0.29, 0.717) is 13.0 Å². The second kappa shape index (κ2) is 4.12. The minimum atomic E-state index is -0.753. The van der Waals surface area contributed by atoms with Crippen LogP contribution in [0.4, 0.5) is 10.1 Å². The van der Waals surface area contributed by atoms with Crippen LogP contribution >= 0.6 is 0 Å². The molecule has 1 N–H and O–H groups in total. The van der Waals surface area contributed by atoms with Gasteiger partial charge in [0.15, 0.2) is 0 Å². The van der Waals surface area contributed by atoms with Crippen molar-refractivity contribution >= 4 is 11.7 Å². The maximum atomic E-state index is 12.8. The van der Waals surface area contributed by atoms with Crippen molar-refractivity contribution in [1.29, 1.82) is 0 Å². The standard InChI is InChI=1S/C12H14FNO2/c1-8-11(12(15)16)6-7-14(8)10-4-2-9(13)3-5-10/h2-5,8,11H,6-7H2,1H3,(H,15,16). The molecule has 86 valence electrons. The van der Waals surface area contributed by atoms with Gasteiger partial charge in [-0.25, -0.2) is 4.39 Å². The summed E-state index contributed by atoms with van der Waals surface area (Å²) in [6, 6.07) is 6.14. The van der Waals surface area contributed by atoms with Crippen molar-refractivity contribution in [3.05, 3.63) is 30.1 Å². The molecule has 2 unspecified atom stereocenters. The van der Waals surface area contributed by atoms with Crippen LogP contribution in [0.25, 0.3) is 0 Å². The summed E-state index contributed by atoms with van der Waals surface area (Å²) in [5.74, 6) is -1.35. The Hall–Kier alpha value is -1.58. The third-order valence-electron chi connectivity index (χ3n) is 3.23. The number of nitrogens with zero attached hydrogens (tertiary/aromatic N) is 1. The van der Waals surface area contributed by atoms with Gasteiger partial charge < -0.3 is 10.0 Å². The molecule has 0 aliphatic carbocycles. The molecular formula is C12H14FNO2. The van der Waals surface area contributed by atoms with E-state index in [2.05, 4.69) is 0 Å². The van der Waals surface area contributed by atoms with Gasteiger partial charge in [-0.05, 0) is 37.6 Å². The predicted octanol–water partition coefficient (Wildman–Crippen LogP) is 2.13. The zero-order valence-electron chi connectivity index (χ0n) is 9.06. The maximum Gasteiger partial charge on any atom is 0.308 e. The van der Waals surface area contributed by atoms with Gasteiger partial charge in [-0.15, -0.1) is 0 Å². The molecule has 2 rings (SSSR count). The van der Waals surface area contributed by atoms with E-state index in [4.69, 9.17) is 5.11 Å². The van der Waals surface area contributed by atoms with Crippen molar-refractivity contribution in [2.75, 3.05) is 11.4 Å². The number of hydrogen-bond donors (Lipinski definition) is 1. The first-order valence-electron chi connectivity index (χ1n) is 5.34. The van der Waals surface area contributed by atoms with Crippen LogP contribution in [0.2, 0.25) is 0 Å². The summed E-state index contributed by atoms with van der Waals surface area (Å²) in [6.07, 6.45) is 0.647. The number of rotatable bonds is 2. The highest BCUT2D eigenvalue weighted by Crippen LogP contribution is 2.29. The highest BCUT2D eigenvalue weighted by atomic mass is 19.1. The molecule has 1 aromatic rings. The molecule has 16 heavy (non-hydrogen) atoms. The van der Waals surface area contributed by atoms with Gasteiger partial charge in [0.2, 0.25) is 0 Å². The van der Waals surface area contributed by atoms with E-state index in [1.54, 1.807) is 12.1 Å². The average molecular weight is 223 g/mol. The van der Waals surface area contributed by atoms with Crippen molar-refractivity contribution in [3.8, 4) is 0 Å². The molecule has 1 aromatic carbocycles. The fourth-order valence-electron chi connectivity index (χ4n) is 2.27. The Morgan fingerprint density at radius 3 is 2.56 bits per heavy atom. The fraction of sp³-hybridized carbons (Fsp3) is 0.417. The largest absolute Gasteiger partial charge is 0.481 e. The minimum absolute atomic E-state index is 0.0389. The summed E-state index contributed by atoms with van der Waals surface area (Å²) < 4.78 is 12.8. The molecule has 0 amide bonds. The highest BCUT2D eigenvalue weighted by molar-refractivity contribution is 5.73. The van der Waals surface area contributed by atoms with Gasteiger partial charge in [0.25, 0.3) is 0 Å². The Labute approximate surface area is 93.5 Å². The highest BCUT2D eigenvalue weighted by Gasteiger charge is 2.35. The molecule has 0 bridgehead atoms. The third-order valence-corrected chi connectivity index (χ3v) is 3.23. The number of carboxylic acids is 1. The lowest BCUT2D eigenvalue weighted by Crippen LogP contribution is -2.32. The van der Waals surface area contributed by atoms with Gasteiger partial charge in [-0.2, -0.15) is 0 Å². The molecule has 1 aliphatic heterocycles. The maximum absolute atomic E-state index is 12.8. The number of anilines is 1. The molecule has 4 heteroatoms. The van der Waals surface area contributed by atoms with Crippen LogP contribution < -0.4 is 4.90 Å². The molecule has 3 nitrogen and oxygen atoms in total. The van der Waals surface area contributed by atoms with Gasteiger partial charge in [0.05, 0.1) is 5.92 Å². The smallest absolute Gasteiger partial charge is 0.308 e. The molecule has 0 saturated carbocycles. The summed E-state index contributed by atoms with van der Waals surface area (Å²) in [5.41, 5.74) is 0.887. The van der Waals surface area contributed by atoms with Gasteiger partial charge in [0, 0.05) is 18.3 Å². The average Bonchev–Trinajstić information content (AvgIpc) is 2.61. The monoisotopic (exact) mass is 223 g/mol. The zero-order chi connectivity index (χ0) is 11.7. The lowest BCUT2D eigenvalue weighted by molar-refractivity contribution is -0.141. The first-order chi connectivity index (χ1) is 7.59. The molecular weight excluding hydrogens is 209 g/mol. The Morgan fingerprint density at radius 1 is 1.44 bits per heavy atom. The Kier molecular flexibility index (Phi) is 2.81. The van der Waals surface area contributed by atoms with Crippen LogP contribution in [0, 0.1) is 11.7 Å². The first kappa shape index (κ1) is 10.9. The molecule has 2 atom stereocenters. The van der Waals surface area contributed by atoms with Crippen LogP contribution in [0.15, 0.2) is 24.3 Å². The second-order valence-electron chi connectivity index (χ2n) is 4.14. The SMILES string of the molecule is CC1C(C(=O)O)CCN1c1ccc(F)cc1. The van der Waals surface area contributed by atoms with Crippen molar-refractivity contribution < 1.29 is 14.3 Å². The van der Waals surface area contributed by atoms with Gasteiger partial charge in [-0.3, -0.25) is 4.79 Å². The normalized spacial score (nSPS) is 24.8. The molecule has 1 saturated heterocycles. The number of carbonyl (C=O) groups is 1. The second-order valence-corrected chi connectivity index (χ2v) is 4.14. The fourth-order valence-corrected chi connectivity index (χ4v) is 2.27. The van der Waals surface area contributed by atoms with E-state index >= 15 is 0 Å². The third kappa shape index (κ3) is 1.87. The number of carboxylic acid groups (broad SMARTS) is 1. The minimum Gasteiger partial charge on any atom is -0.481 e. The van der Waals surface area contributed by atoms with E-state index in [1.807, 2.05) is 11.8 Å². The summed E-state index contributed by atoms with van der Waals surface area (Å²) in [5, 5.41) is 9.01. The Morgan fingerprint density at radius 2 is 2.06 bits per heavy atom. The van der Waals surface area contributed by atoms with Crippen molar-refractivity contribution in [2.45, 2.75) is 19.4 Å². The Balaban J connectivity index is 2.18. The summed E-state index contributed by atoms with van der Waals surface area (Å²) >= 11 is 0. The predicted molar refractivity (Wildman–Crippen MR) is 59.0 cm³/mol. The van der Waals surface area contributed by atoms with E-state index < -0.39 is 5.97 Å². The van der Waals surface area contributed by atoms with Gasteiger partial charge >= 0.3 is 5.97 Å². The number of benzene rings is 1. The van der Waals surface area contributed by atoms with Gasteiger partial charge in [-0.1, -0.05) is 0 Å². The van der Waals surface area contributed by atoms with E-state index in [-0.39, 0.29) is 17.8 Å². The van der Waals surface area contributed by atoms with Crippen molar-refractivity contribution in [2.24, 2.45) is 5.92 Å². The molecule has 0 aromatic heterocycles. The molecule has 0 spiro atoms. The lowest BCUT2D eigenvalue weighted by atomic mass is 10.0.